The van der Waals surface area contributed by atoms with Gasteiger partial charge in [-0.05, 0) is 79.0 Å². The van der Waals surface area contributed by atoms with E-state index in [4.69, 9.17) is 14.5 Å². The maximum atomic E-state index is 13.3. The summed E-state index contributed by atoms with van der Waals surface area (Å²) in [5.74, 6) is 1.27. The molecule has 0 aromatic carbocycles. The number of carbonyl (C=O) groups is 2. The Labute approximate surface area is 247 Å². The molecule has 1 fully saturated rings. The fraction of sp³-hybridized carbons (Fsp3) is 0.516. The van der Waals surface area contributed by atoms with Crippen LogP contribution < -0.4 is 20.3 Å². The van der Waals surface area contributed by atoms with Crippen molar-refractivity contribution in [1.82, 2.24) is 25.2 Å². The summed E-state index contributed by atoms with van der Waals surface area (Å²) in [6.07, 6.45) is 6.37. The number of nitriles is 1. The number of piperidine rings is 1. The molecule has 4 heterocycles. The molecule has 1 aliphatic rings. The van der Waals surface area contributed by atoms with Crippen LogP contribution >= 0.6 is 0 Å². The van der Waals surface area contributed by atoms with Crippen LogP contribution in [0.25, 0.3) is 16.6 Å². The smallest absolute Gasteiger partial charge is 0.408 e. The van der Waals surface area contributed by atoms with E-state index in [1.54, 1.807) is 50.8 Å². The Balaban J connectivity index is 1.44. The van der Waals surface area contributed by atoms with E-state index in [9.17, 15) is 14.9 Å². The second-order valence-corrected chi connectivity index (χ2v) is 12.2. The Morgan fingerprint density at radius 1 is 1.14 bits per heavy atom. The van der Waals surface area contributed by atoms with Crippen molar-refractivity contribution in [1.29, 1.82) is 5.26 Å². The molecule has 3 aromatic heterocycles. The molecule has 1 aliphatic heterocycles. The molecule has 11 nitrogen and oxygen atoms in total. The van der Waals surface area contributed by atoms with E-state index in [0.29, 0.717) is 55.8 Å². The normalized spacial score (nSPS) is 16.3. The number of hydrogen-bond acceptors (Lipinski definition) is 8. The van der Waals surface area contributed by atoms with E-state index in [-0.39, 0.29) is 5.91 Å². The fourth-order valence-electron chi connectivity index (χ4n) is 4.98. The van der Waals surface area contributed by atoms with Gasteiger partial charge in [-0.2, -0.15) is 10.4 Å². The lowest BCUT2D eigenvalue weighted by molar-refractivity contribution is -0.129. The van der Waals surface area contributed by atoms with E-state index in [0.717, 1.165) is 16.9 Å². The average molecular weight is 576 g/mol. The van der Waals surface area contributed by atoms with E-state index >= 15 is 0 Å². The van der Waals surface area contributed by atoms with E-state index < -0.39 is 22.8 Å². The first kappa shape index (κ1) is 30.6. The lowest BCUT2D eigenvalue weighted by Gasteiger charge is -2.42. The molecule has 224 valence electrons. The molecule has 2 amide bonds. The summed E-state index contributed by atoms with van der Waals surface area (Å²) in [5.41, 5.74) is 0.690. The van der Waals surface area contributed by atoms with Crippen molar-refractivity contribution in [2.45, 2.75) is 84.4 Å². The summed E-state index contributed by atoms with van der Waals surface area (Å²) in [6, 6.07) is 8.09. The van der Waals surface area contributed by atoms with Gasteiger partial charge in [-0.1, -0.05) is 6.92 Å². The summed E-state index contributed by atoms with van der Waals surface area (Å²) in [6.45, 7) is 14.8. The number of nitrogens with zero attached hydrogens (tertiary/aromatic N) is 5. The molecule has 0 saturated carbocycles. The number of rotatable bonds is 8. The highest BCUT2D eigenvalue weighted by Crippen LogP contribution is 2.32. The Bertz CT molecular complexity index is 1480. The first-order chi connectivity index (χ1) is 19.8. The minimum atomic E-state index is -1.09. The zero-order valence-electron chi connectivity index (χ0n) is 25.6. The molecule has 1 atom stereocenters. The molecule has 0 spiro atoms. The quantitative estimate of drug-likeness (QED) is 0.390. The molecule has 0 aliphatic carbocycles. The summed E-state index contributed by atoms with van der Waals surface area (Å²) in [4.78, 5) is 32.7. The topological polar surface area (TPSA) is 134 Å². The van der Waals surface area contributed by atoms with E-state index in [1.165, 1.54) is 0 Å². The first-order valence-corrected chi connectivity index (χ1v) is 14.4. The van der Waals surface area contributed by atoms with Crippen molar-refractivity contribution in [2.75, 3.05) is 24.6 Å². The Hall–Kier alpha value is -4.33. The van der Waals surface area contributed by atoms with Crippen molar-refractivity contribution >= 4 is 23.3 Å². The van der Waals surface area contributed by atoms with E-state index in [2.05, 4.69) is 26.7 Å². The number of aromatic nitrogens is 3. The molecule has 11 heteroatoms. The predicted octanol–water partition coefficient (Wildman–Crippen LogP) is 4.84. The number of pyridine rings is 2. The van der Waals surface area contributed by atoms with Crippen molar-refractivity contribution in [3.8, 4) is 22.9 Å². The number of anilines is 1. The number of alkyl carbamates (subject to hydrolysis) is 1. The second kappa shape index (κ2) is 11.9. The van der Waals surface area contributed by atoms with Gasteiger partial charge in [0, 0.05) is 36.0 Å². The lowest BCUT2D eigenvalue weighted by Crippen LogP contribution is -2.63. The van der Waals surface area contributed by atoms with Gasteiger partial charge in [-0.25, -0.2) is 14.3 Å². The van der Waals surface area contributed by atoms with Crippen molar-refractivity contribution < 1.29 is 19.1 Å². The number of hydrogen-bond donors (Lipinski definition) is 2. The summed E-state index contributed by atoms with van der Waals surface area (Å²) < 4.78 is 12.8. The molecule has 4 rings (SSSR count). The van der Waals surface area contributed by atoms with Gasteiger partial charge in [-0.15, -0.1) is 0 Å². The number of fused-ring (bicyclic) bond motifs is 1. The molecular formula is C31H41N7O4. The van der Waals surface area contributed by atoms with Crippen molar-refractivity contribution in [3.05, 3.63) is 42.4 Å². The molecule has 3 aromatic rings. The molecule has 1 saturated heterocycles. The summed E-state index contributed by atoms with van der Waals surface area (Å²) >= 11 is 0. The largest absolute Gasteiger partial charge is 0.492 e. The minimum absolute atomic E-state index is 0.230. The predicted molar refractivity (Wildman–Crippen MR) is 160 cm³/mol. The zero-order chi connectivity index (χ0) is 30.7. The number of ether oxygens (including phenoxy) is 2. The zero-order valence-corrected chi connectivity index (χ0v) is 25.6. The third kappa shape index (κ3) is 6.75. The van der Waals surface area contributed by atoms with E-state index in [1.807, 2.05) is 39.0 Å². The van der Waals surface area contributed by atoms with Gasteiger partial charge in [0.2, 0.25) is 5.91 Å². The lowest BCUT2D eigenvalue weighted by atomic mass is 9.87. The third-order valence-corrected chi connectivity index (χ3v) is 7.67. The van der Waals surface area contributed by atoms with Crippen LogP contribution in [0.1, 0.15) is 73.3 Å². The monoisotopic (exact) mass is 575 g/mol. The van der Waals surface area contributed by atoms with Crippen LogP contribution in [0.2, 0.25) is 0 Å². The second-order valence-electron chi connectivity index (χ2n) is 12.2. The summed E-state index contributed by atoms with van der Waals surface area (Å²) in [5, 5.41) is 19.9. The third-order valence-electron chi connectivity index (χ3n) is 7.67. The molecule has 0 radical (unpaired) electrons. The van der Waals surface area contributed by atoms with Gasteiger partial charge in [0.15, 0.2) is 0 Å². The van der Waals surface area contributed by atoms with Gasteiger partial charge < -0.3 is 25.0 Å². The highest BCUT2D eigenvalue weighted by molar-refractivity contribution is 5.90. The van der Waals surface area contributed by atoms with Crippen LogP contribution in [-0.2, 0) is 9.53 Å². The van der Waals surface area contributed by atoms with Crippen molar-refractivity contribution in [3.63, 3.8) is 0 Å². The maximum Gasteiger partial charge on any atom is 0.408 e. The van der Waals surface area contributed by atoms with Crippen molar-refractivity contribution in [2.24, 2.45) is 0 Å². The minimum Gasteiger partial charge on any atom is -0.492 e. The fourth-order valence-corrected chi connectivity index (χ4v) is 4.98. The van der Waals surface area contributed by atoms with Gasteiger partial charge in [0.25, 0.3) is 0 Å². The molecule has 42 heavy (non-hydrogen) atoms. The van der Waals surface area contributed by atoms with Gasteiger partial charge in [-0.3, -0.25) is 4.79 Å². The molecular weight excluding hydrogens is 534 g/mol. The molecule has 0 unspecified atom stereocenters. The van der Waals surface area contributed by atoms with Crippen LogP contribution in [0, 0.1) is 11.3 Å². The highest BCUT2D eigenvalue weighted by atomic mass is 16.6. The van der Waals surface area contributed by atoms with Crippen LogP contribution in [0.15, 0.2) is 36.8 Å². The number of carbonyl (C=O) groups excluding carboxylic acids is 2. The van der Waals surface area contributed by atoms with Crippen LogP contribution in [-0.4, -0.2) is 63.0 Å². The van der Waals surface area contributed by atoms with Crippen LogP contribution in [0.3, 0.4) is 0 Å². The highest BCUT2D eigenvalue weighted by Gasteiger charge is 2.40. The number of nitrogens with one attached hydrogen (secondary N) is 2. The van der Waals surface area contributed by atoms with Crippen LogP contribution in [0.5, 0.6) is 5.75 Å². The summed E-state index contributed by atoms with van der Waals surface area (Å²) in [7, 11) is 0. The Kier molecular flexibility index (Phi) is 8.66. The van der Waals surface area contributed by atoms with Crippen LogP contribution in [0.4, 0.5) is 10.6 Å². The standard InChI is InChI=1S/C31H41N7O4/c1-8-31(7,36-28(40)42-29(3,4)5)27(39)35-30(6)12-14-37(15-13-30)25-11-10-21(18-33-25)24-16-23(41-9-2)20-38-26(24)22(17-32)19-34-38/h10-11,16,18-20H,8-9,12-15H2,1-7H3,(H,35,39)(H,36,40)/t31-/m1/s1. The Morgan fingerprint density at radius 3 is 2.43 bits per heavy atom. The SMILES string of the molecule is CCOc1cc(-c2ccc(N3CCC(C)(NC(=O)[C@@](C)(CC)NC(=O)OC(C)(C)C)CC3)nc2)c2c(C#N)cnn2c1. The van der Waals surface area contributed by atoms with Gasteiger partial charge in [0.1, 0.15) is 28.8 Å². The van der Waals surface area contributed by atoms with Gasteiger partial charge >= 0.3 is 6.09 Å². The Morgan fingerprint density at radius 2 is 1.86 bits per heavy atom. The first-order valence-electron chi connectivity index (χ1n) is 14.4. The maximum absolute atomic E-state index is 13.3. The average Bonchev–Trinajstić information content (AvgIpc) is 3.35. The number of amides is 2. The molecule has 0 bridgehead atoms. The molecule has 2 N–H and O–H groups in total. The van der Waals surface area contributed by atoms with Gasteiger partial charge in [0.05, 0.1) is 30.1 Å².